The average Bonchev–Trinajstić information content (AvgIpc) is 2.97. The van der Waals surface area contributed by atoms with Gasteiger partial charge in [-0.25, -0.2) is 0 Å². The molecule has 0 unspecified atom stereocenters. The zero-order valence-electron chi connectivity index (χ0n) is 10.6. The molecule has 0 bridgehead atoms. The van der Waals surface area contributed by atoms with Crippen LogP contribution in [0.2, 0.25) is 0 Å². The van der Waals surface area contributed by atoms with Crippen molar-refractivity contribution in [2.45, 2.75) is 77.6 Å². The van der Waals surface area contributed by atoms with Crippen molar-refractivity contribution in [3.63, 3.8) is 0 Å². The molecule has 0 aromatic heterocycles. The van der Waals surface area contributed by atoms with Crippen molar-refractivity contribution in [2.75, 3.05) is 0 Å². The Morgan fingerprint density at radius 1 is 0.812 bits per heavy atom. The van der Waals surface area contributed by atoms with Crippen molar-refractivity contribution in [1.29, 1.82) is 0 Å². The van der Waals surface area contributed by atoms with E-state index in [9.17, 15) is 0 Å². The van der Waals surface area contributed by atoms with E-state index in [0.717, 1.165) is 18.6 Å². The predicted octanol–water partition coefficient (Wildman–Crippen LogP) is 5.05. The van der Waals surface area contributed by atoms with E-state index >= 15 is 0 Å². The molecule has 0 amide bonds. The van der Waals surface area contributed by atoms with E-state index < -0.39 is 0 Å². The smallest absolute Gasteiger partial charge is 0.322 e. The van der Waals surface area contributed by atoms with Gasteiger partial charge in [-0.15, -0.1) is 0 Å². The number of hydrogen-bond acceptors (Lipinski definition) is 2. The van der Waals surface area contributed by atoms with Gasteiger partial charge in [-0.05, 0) is 6.42 Å². The molecule has 0 aromatic carbocycles. The first-order valence-electron chi connectivity index (χ1n) is 6.94. The third-order valence-electron chi connectivity index (χ3n) is 3.17. The van der Waals surface area contributed by atoms with E-state index in [1.807, 2.05) is 0 Å². The maximum Gasteiger partial charge on any atom is 0.322 e. The van der Waals surface area contributed by atoms with Crippen molar-refractivity contribution in [3.05, 3.63) is 11.7 Å². The Morgan fingerprint density at radius 2 is 1.25 bits per heavy atom. The SMILES string of the molecule is CCCCCCCCCCCCC1=C(O)O1. The van der Waals surface area contributed by atoms with Gasteiger partial charge in [-0.2, -0.15) is 0 Å². The second-order valence-electron chi connectivity index (χ2n) is 4.76. The number of allylic oxidation sites excluding steroid dienone is 1. The van der Waals surface area contributed by atoms with Gasteiger partial charge in [0.25, 0.3) is 0 Å². The van der Waals surface area contributed by atoms with Crippen molar-refractivity contribution >= 4 is 0 Å². The van der Waals surface area contributed by atoms with E-state index in [1.54, 1.807) is 0 Å². The first-order valence-corrected chi connectivity index (χ1v) is 6.94. The average molecular weight is 226 g/mol. The molecule has 0 fully saturated rings. The van der Waals surface area contributed by atoms with Crippen LogP contribution in [0.15, 0.2) is 11.7 Å². The van der Waals surface area contributed by atoms with Crippen molar-refractivity contribution in [2.24, 2.45) is 0 Å². The summed E-state index contributed by atoms with van der Waals surface area (Å²) in [6, 6.07) is 0. The van der Waals surface area contributed by atoms with Crippen LogP contribution >= 0.6 is 0 Å². The summed E-state index contributed by atoms with van der Waals surface area (Å²) in [6.07, 6.45) is 14.5. The minimum Gasteiger partial charge on any atom is -0.478 e. The molecule has 16 heavy (non-hydrogen) atoms. The van der Waals surface area contributed by atoms with Gasteiger partial charge in [-0.1, -0.05) is 64.7 Å². The highest BCUT2D eigenvalue weighted by Crippen LogP contribution is 2.28. The lowest BCUT2D eigenvalue weighted by Gasteiger charge is -2.00. The van der Waals surface area contributed by atoms with Crippen LogP contribution in [-0.2, 0) is 4.74 Å². The Kier molecular flexibility index (Phi) is 7.11. The molecule has 0 saturated heterocycles. The number of aliphatic hydroxyl groups is 1. The fourth-order valence-electron chi connectivity index (χ4n) is 2.02. The Labute approximate surface area is 99.7 Å². The van der Waals surface area contributed by atoms with Crippen LogP contribution < -0.4 is 0 Å². The van der Waals surface area contributed by atoms with Crippen molar-refractivity contribution in [3.8, 4) is 0 Å². The third kappa shape index (κ3) is 6.76. The summed E-state index contributed by atoms with van der Waals surface area (Å²) in [5.74, 6) is 0.996. The summed E-state index contributed by atoms with van der Waals surface area (Å²) in [5, 5.41) is 8.83. The summed E-state index contributed by atoms with van der Waals surface area (Å²) in [6.45, 7) is 2.26. The molecule has 1 heterocycles. The molecule has 1 aliphatic rings. The predicted molar refractivity (Wildman–Crippen MR) is 67.2 cm³/mol. The van der Waals surface area contributed by atoms with Crippen LogP contribution in [0, 0.1) is 0 Å². The number of rotatable bonds is 11. The van der Waals surface area contributed by atoms with Gasteiger partial charge >= 0.3 is 5.95 Å². The first kappa shape index (κ1) is 13.4. The van der Waals surface area contributed by atoms with Crippen LogP contribution in [-0.4, -0.2) is 5.11 Å². The molecule has 1 N–H and O–H groups in total. The largest absolute Gasteiger partial charge is 0.478 e. The van der Waals surface area contributed by atoms with Crippen molar-refractivity contribution < 1.29 is 9.84 Å². The van der Waals surface area contributed by atoms with Crippen LogP contribution in [0.1, 0.15) is 77.6 Å². The minimum atomic E-state index is 0.177. The molecule has 0 atom stereocenters. The quantitative estimate of drug-likeness (QED) is 0.500. The lowest BCUT2D eigenvalue weighted by molar-refractivity contribution is 0.273. The van der Waals surface area contributed by atoms with E-state index in [-0.39, 0.29) is 5.95 Å². The fourth-order valence-corrected chi connectivity index (χ4v) is 2.02. The summed E-state index contributed by atoms with van der Waals surface area (Å²) in [7, 11) is 0. The number of aliphatic hydroxyl groups excluding tert-OH is 1. The molecular formula is C14H26O2. The third-order valence-corrected chi connectivity index (χ3v) is 3.17. The molecular weight excluding hydrogens is 200 g/mol. The molecule has 2 heteroatoms. The standard InChI is InChI=1S/C14H26O2/c1-2-3-4-5-6-7-8-9-10-11-12-13-14(15)16-13/h15H,2-12H2,1H3. The van der Waals surface area contributed by atoms with E-state index in [4.69, 9.17) is 9.84 Å². The van der Waals surface area contributed by atoms with Crippen molar-refractivity contribution in [1.82, 2.24) is 0 Å². The minimum absolute atomic E-state index is 0.177. The molecule has 0 spiro atoms. The molecule has 0 radical (unpaired) electrons. The summed E-state index contributed by atoms with van der Waals surface area (Å²) in [4.78, 5) is 0. The monoisotopic (exact) mass is 226 g/mol. The summed E-state index contributed by atoms with van der Waals surface area (Å²) >= 11 is 0. The summed E-state index contributed by atoms with van der Waals surface area (Å²) in [5.41, 5.74) is 0. The van der Waals surface area contributed by atoms with Gasteiger partial charge in [-0.3, -0.25) is 0 Å². The highest BCUT2D eigenvalue weighted by Gasteiger charge is 2.22. The topological polar surface area (TPSA) is 32.8 Å². The van der Waals surface area contributed by atoms with E-state index in [1.165, 1.54) is 57.8 Å². The van der Waals surface area contributed by atoms with Gasteiger partial charge in [0, 0.05) is 6.42 Å². The zero-order valence-corrected chi connectivity index (χ0v) is 10.6. The Balaban J connectivity index is 1.68. The van der Waals surface area contributed by atoms with Gasteiger partial charge in [0.15, 0.2) is 5.76 Å². The molecule has 1 aliphatic heterocycles. The van der Waals surface area contributed by atoms with Gasteiger partial charge < -0.3 is 9.84 Å². The molecule has 94 valence electrons. The Morgan fingerprint density at radius 3 is 1.69 bits per heavy atom. The van der Waals surface area contributed by atoms with Crippen LogP contribution in [0.3, 0.4) is 0 Å². The van der Waals surface area contributed by atoms with Crippen LogP contribution in [0.5, 0.6) is 0 Å². The van der Waals surface area contributed by atoms with Gasteiger partial charge in [0.2, 0.25) is 0 Å². The molecule has 0 saturated carbocycles. The maximum atomic E-state index is 8.83. The molecule has 0 aliphatic carbocycles. The second kappa shape index (κ2) is 8.49. The normalized spacial score (nSPS) is 14.1. The first-order chi connectivity index (χ1) is 7.84. The lowest BCUT2D eigenvalue weighted by Crippen LogP contribution is -1.81. The van der Waals surface area contributed by atoms with Gasteiger partial charge in [0.1, 0.15) is 0 Å². The van der Waals surface area contributed by atoms with Crippen LogP contribution in [0.4, 0.5) is 0 Å². The lowest BCUT2D eigenvalue weighted by atomic mass is 10.1. The zero-order chi connectivity index (χ0) is 11.6. The van der Waals surface area contributed by atoms with Gasteiger partial charge in [0.05, 0.1) is 0 Å². The maximum absolute atomic E-state index is 8.83. The number of unbranched alkanes of at least 4 members (excludes halogenated alkanes) is 9. The Bertz CT molecular complexity index is 209. The van der Waals surface area contributed by atoms with E-state index in [0.29, 0.717) is 0 Å². The van der Waals surface area contributed by atoms with E-state index in [2.05, 4.69) is 6.92 Å². The molecule has 0 aromatic rings. The van der Waals surface area contributed by atoms with Crippen LogP contribution in [0.25, 0.3) is 0 Å². The fraction of sp³-hybridized carbons (Fsp3) is 0.857. The molecule has 2 nitrogen and oxygen atoms in total. The summed E-state index contributed by atoms with van der Waals surface area (Å²) < 4.78 is 4.79. The number of ether oxygens (including phenoxy) is 1. The number of hydrogen-bond donors (Lipinski definition) is 1. The highest BCUT2D eigenvalue weighted by molar-refractivity contribution is 5.08. The molecule has 1 rings (SSSR count). The Hall–Kier alpha value is -0.660. The highest BCUT2D eigenvalue weighted by atomic mass is 16.7. The second-order valence-corrected chi connectivity index (χ2v) is 4.76.